The quantitative estimate of drug-likeness (QED) is 0.913. The molecule has 0 radical (unpaired) electrons. The summed E-state index contributed by atoms with van der Waals surface area (Å²) in [7, 11) is 0. The normalized spacial score (nSPS) is 18.4. The average molecular weight is 281 g/mol. The van der Waals surface area contributed by atoms with Crippen LogP contribution in [0, 0.1) is 0 Å². The van der Waals surface area contributed by atoms with E-state index in [0.717, 1.165) is 30.8 Å². The first-order chi connectivity index (χ1) is 10.3. The average Bonchev–Trinajstić information content (AvgIpc) is 3.02. The van der Waals surface area contributed by atoms with Gasteiger partial charge in [0.05, 0.1) is 6.26 Å². The van der Waals surface area contributed by atoms with E-state index in [9.17, 15) is 4.79 Å². The highest BCUT2D eigenvalue weighted by Gasteiger charge is 2.23. The zero-order chi connectivity index (χ0) is 14.5. The third kappa shape index (κ3) is 3.63. The molecule has 3 heteroatoms. The monoisotopic (exact) mass is 281 g/mol. The maximum absolute atomic E-state index is 11.9. The smallest absolute Gasteiger partial charge is 0.158 e. The molecule has 0 saturated carbocycles. The fourth-order valence-electron chi connectivity index (χ4n) is 2.75. The number of hydrogen-bond acceptors (Lipinski definition) is 3. The van der Waals surface area contributed by atoms with Crippen LogP contribution < -0.4 is 5.32 Å². The van der Waals surface area contributed by atoms with Crippen molar-refractivity contribution in [2.24, 2.45) is 0 Å². The van der Waals surface area contributed by atoms with Crippen LogP contribution in [0.4, 0.5) is 0 Å². The number of benzene rings is 1. The Balaban J connectivity index is 1.56. The van der Waals surface area contributed by atoms with Crippen molar-refractivity contribution in [3.63, 3.8) is 0 Å². The molecule has 21 heavy (non-hydrogen) atoms. The lowest BCUT2D eigenvalue weighted by molar-refractivity contribution is -0.115. The van der Waals surface area contributed by atoms with Gasteiger partial charge in [0.1, 0.15) is 5.76 Å². The Bertz CT molecular complexity index is 614. The van der Waals surface area contributed by atoms with Crippen LogP contribution >= 0.6 is 0 Å². The minimum Gasteiger partial charge on any atom is -0.469 e. The predicted molar refractivity (Wildman–Crippen MR) is 81.9 cm³/mol. The fraction of sp³-hybridized carbons (Fsp3) is 0.278. The molecule has 1 aliphatic rings. The number of hydrogen-bond donors (Lipinski definition) is 1. The molecule has 3 rings (SSSR count). The summed E-state index contributed by atoms with van der Waals surface area (Å²) >= 11 is 0. The van der Waals surface area contributed by atoms with Crippen LogP contribution in [-0.2, 0) is 11.2 Å². The maximum Gasteiger partial charge on any atom is 0.158 e. The first-order valence-corrected chi connectivity index (χ1v) is 7.36. The molecular weight excluding hydrogens is 262 g/mol. The molecule has 3 nitrogen and oxygen atoms in total. The summed E-state index contributed by atoms with van der Waals surface area (Å²) in [5, 5.41) is 3.39. The van der Waals surface area contributed by atoms with Gasteiger partial charge < -0.3 is 9.73 Å². The molecular formula is C18H19NO2. The van der Waals surface area contributed by atoms with E-state index in [-0.39, 0.29) is 11.7 Å². The molecule has 1 N–H and O–H groups in total. The molecule has 2 aromatic rings. The summed E-state index contributed by atoms with van der Waals surface area (Å²) < 4.78 is 5.44. The molecule has 1 heterocycles. The highest BCUT2D eigenvalue weighted by Crippen LogP contribution is 2.30. The third-order valence-electron chi connectivity index (χ3n) is 3.80. The summed E-state index contributed by atoms with van der Waals surface area (Å²) in [6, 6.07) is 14.2. The predicted octanol–water partition coefficient (Wildman–Crippen LogP) is 3.44. The molecule has 108 valence electrons. The minimum absolute atomic E-state index is 0.164. The number of nitrogens with one attached hydrogen (secondary N) is 1. The van der Waals surface area contributed by atoms with Crippen molar-refractivity contribution >= 4 is 5.78 Å². The summed E-state index contributed by atoms with van der Waals surface area (Å²) in [4.78, 5) is 11.9. The maximum atomic E-state index is 11.9. The van der Waals surface area contributed by atoms with Crippen LogP contribution in [0.25, 0.3) is 0 Å². The molecule has 0 fully saturated rings. The number of carbonyl (C=O) groups excluding carboxylic acids is 1. The second kappa shape index (κ2) is 6.44. The molecule has 1 unspecified atom stereocenters. The Morgan fingerprint density at radius 1 is 1.10 bits per heavy atom. The lowest BCUT2D eigenvalue weighted by Gasteiger charge is -2.21. The van der Waals surface area contributed by atoms with E-state index < -0.39 is 0 Å². The van der Waals surface area contributed by atoms with Crippen molar-refractivity contribution in [1.29, 1.82) is 0 Å². The number of allylic oxidation sites excluding steroid dienone is 2. The largest absolute Gasteiger partial charge is 0.469 e. The van der Waals surface area contributed by atoms with E-state index in [4.69, 9.17) is 4.42 Å². The van der Waals surface area contributed by atoms with Gasteiger partial charge in [0.15, 0.2) is 5.78 Å². The van der Waals surface area contributed by atoms with Gasteiger partial charge >= 0.3 is 0 Å². The van der Waals surface area contributed by atoms with Gasteiger partial charge in [-0.15, -0.1) is 0 Å². The molecule has 1 aromatic heterocycles. The van der Waals surface area contributed by atoms with Crippen LogP contribution in [0.15, 0.2) is 64.9 Å². The third-order valence-corrected chi connectivity index (χ3v) is 3.80. The van der Waals surface area contributed by atoms with E-state index in [1.807, 2.05) is 30.3 Å². The van der Waals surface area contributed by atoms with Crippen molar-refractivity contribution in [2.45, 2.75) is 25.2 Å². The zero-order valence-electron chi connectivity index (χ0n) is 11.9. The minimum atomic E-state index is 0.164. The van der Waals surface area contributed by atoms with E-state index in [1.54, 1.807) is 12.3 Å². The standard InChI is InChI=1S/C18H19NO2/c20-17-12-15(18-7-4-10-21-18)11-16(13-17)19-9-8-14-5-2-1-3-6-14/h1-7,10,13,15,19H,8-9,11-12H2. The molecule has 0 saturated heterocycles. The summed E-state index contributed by atoms with van der Waals surface area (Å²) in [5.41, 5.74) is 2.32. The summed E-state index contributed by atoms with van der Waals surface area (Å²) in [6.07, 6.45) is 5.74. The van der Waals surface area contributed by atoms with E-state index in [2.05, 4.69) is 17.4 Å². The zero-order valence-corrected chi connectivity index (χ0v) is 11.9. The van der Waals surface area contributed by atoms with Gasteiger partial charge in [0.2, 0.25) is 0 Å². The second-order valence-corrected chi connectivity index (χ2v) is 5.42. The van der Waals surface area contributed by atoms with Crippen LogP contribution in [0.3, 0.4) is 0 Å². The molecule has 1 atom stereocenters. The first-order valence-electron chi connectivity index (χ1n) is 7.36. The van der Waals surface area contributed by atoms with E-state index in [1.165, 1.54) is 5.56 Å². The van der Waals surface area contributed by atoms with Crippen LogP contribution in [0.2, 0.25) is 0 Å². The molecule has 0 bridgehead atoms. The SMILES string of the molecule is O=C1C=C(NCCc2ccccc2)CC(c2ccco2)C1. The highest BCUT2D eigenvalue weighted by molar-refractivity contribution is 5.91. The molecule has 0 aliphatic heterocycles. The van der Waals surface area contributed by atoms with Gasteiger partial charge in [-0.05, 0) is 30.5 Å². The highest BCUT2D eigenvalue weighted by atomic mass is 16.3. The summed E-state index contributed by atoms with van der Waals surface area (Å²) in [6.45, 7) is 0.841. The Morgan fingerprint density at radius 3 is 2.71 bits per heavy atom. The molecule has 0 spiro atoms. The lowest BCUT2D eigenvalue weighted by Crippen LogP contribution is -2.23. The van der Waals surface area contributed by atoms with Crippen molar-refractivity contribution in [3.8, 4) is 0 Å². The van der Waals surface area contributed by atoms with Gasteiger partial charge in [-0.3, -0.25) is 4.79 Å². The van der Waals surface area contributed by atoms with Gasteiger partial charge in [-0.2, -0.15) is 0 Å². The first kappa shape index (κ1) is 13.7. The van der Waals surface area contributed by atoms with Crippen molar-refractivity contribution < 1.29 is 9.21 Å². The Kier molecular flexibility index (Phi) is 4.20. The number of rotatable bonds is 5. The Labute approximate surface area is 124 Å². The molecule has 0 amide bonds. The van der Waals surface area contributed by atoms with Crippen molar-refractivity contribution in [2.75, 3.05) is 6.54 Å². The van der Waals surface area contributed by atoms with E-state index >= 15 is 0 Å². The number of furan rings is 1. The number of carbonyl (C=O) groups is 1. The topological polar surface area (TPSA) is 42.2 Å². The van der Waals surface area contributed by atoms with Crippen LogP contribution in [0.1, 0.15) is 30.1 Å². The Hall–Kier alpha value is -2.29. The fourth-order valence-corrected chi connectivity index (χ4v) is 2.75. The van der Waals surface area contributed by atoms with Crippen molar-refractivity contribution in [1.82, 2.24) is 5.32 Å². The lowest BCUT2D eigenvalue weighted by atomic mass is 9.89. The van der Waals surface area contributed by atoms with Crippen LogP contribution in [0.5, 0.6) is 0 Å². The van der Waals surface area contributed by atoms with Crippen molar-refractivity contribution in [3.05, 3.63) is 71.8 Å². The van der Waals surface area contributed by atoms with E-state index in [0.29, 0.717) is 6.42 Å². The molecule has 1 aliphatic carbocycles. The van der Waals surface area contributed by atoms with Gasteiger partial charge in [-0.1, -0.05) is 30.3 Å². The Morgan fingerprint density at radius 2 is 1.95 bits per heavy atom. The number of ketones is 1. The summed E-state index contributed by atoms with van der Waals surface area (Å²) in [5.74, 6) is 1.24. The molecule has 1 aromatic carbocycles. The van der Waals surface area contributed by atoms with Gasteiger partial charge in [0, 0.05) is 30.7 Å². The second-order valence-electron chi connectivity index (χ2n) is 5.42. The van der Waals surface area contributed by atoms with Crippen LogP contribution in [-0.4, -0.2) is 12.3 Å². The van der Waals surface area contributed by atoms with Gasteiger partial charge in [0.25, 0.3) is 0 Å². The van der Waals surface area contributed by atoms with Gasteiger partial charge in [-0.25, -0.2) is 0 Å².